The van der Waals surface area contributed by atoms with Crippen LogP contribution in [-0.4, -0.2) is 37.2 Å². The molecule has 0 heterocycles. The summed E-state index contributed by atoms with van der Waals surface area (Å²) < 4.78 is 16.9. The molecule has 0 amide bonds. The van der Waals surface area contributed by atoms with Crippen LogP contribution in [0.4, 0.5) is 0 Å². The lowest BCUT2D eigenvalue weighted by Gasteiger charge is -2.18. The number of rotatable bonds is 59. The van der Waals surface area contributed by atoms with E-state index in [-0.39, 0.29) is 31.1 Å². The van der Waals surface area contributed by atoms with E-state index in [9.17, 15) is 14.4 Å². The van der Waals surface area contributed by atoms with Gasteiger partial charge in [-0.05, 0) is 116 Å². The maximum Gasteiger partial charge on any atom is 0.306 e. The van der Waals surface area contributed by atoms with Gasteiger partial charge in [-0.2, -0.15) is 0 Å². The second kappa shape index (κ2) is 66.3. The van der Waals surface area contributed by atoms with Crippen LogP contribution >= 0.6 is 0 Å². The lowest BCUT2D eigenvalue weighted by molar-refractivity contribution is -0.167. The molecule has 0 aliphatic carbocycles. The summed E-state index contributed by atoms with van der Waals surface area (Å²) in [5, 5.41) is 0. The normalized spacial score (nSPS) is 12.9. The molecule has 1 atom stereocenters. The zero-order valence-electron chi connectivity index (χ0n) is 51.6. The third-order valence-corrected chi connectivity index (χ3v) is 14.0. The van der Waals surface area contributed by atoms with Gasteiger partial charge in [-0.25, -0.2) is 0 Å². The van der Waals surface area contributed by atoms with Gasteiger partial charge < -0.3 is 14.2 Å². The van der Waals surface area contributed by atoms with Crippen LogP contribution in [0.2, 0.25) is 0 Å². The van der Waals surface area contributed by atoms with Gasteiger partial charge in [0.25, 0.3) is 0 Å². The second-order valence-electron chi connectivity index (χ2n) is 21.6. The van der Waals surface area contributed by atoms with Crippen molar-refractivity contribution in [3.05, 3.63) is 122 Å². The Labute approximate surface area is 488 Å². The summed E-state index contributed by atoms with van der Waals surface area (Å²) in [6, 6.07) is 0. The van der Waals surface area contributed by atoms with Crippen LogP contribution in [0.1, 0.15) is 303 Å². The van der Waals surface area contributed by atoms with Crippen LogP contribution in [0.5, 0.6) is 0 Å². The summed E-state index contributed by atoms with van der Waals surface area (Å²) in [4.78, 5) is 38.3. The molecule has 6 heteroatoms. The fourth-order valence-corrected chi connectivity index (χ4v) is 9.02. The Bertz CT molecular complexity index is 1640. The molecule has 0 aromatic carbocycles. The number of carbonyl (C=O) groups is 3. The predicted octanol–water partition coefficient (Wildman–Crippen LogP) is 22.8. The highest BCUT2D eigenvalue weighted by Crippen LogP contribution is 2.16. The fourth-order valence-electron chi connectivity index (χ4n) is 9.02. The largest absolute Gasteiger partial charge is 0.462 e. The van der Waals surface area contributed by atoms with Crippen molar-refractivity contribution in [3.63, 3.8) is 0 Å². The molecule has 0 aromatic rings. The molecular weight excluding hydrogens is 973 g/mol. The van der Waals surface area contributed by atoms with Crippen LogP contribution in [0.25, 0.3) is 0 Å². The molecule has 0 fully saturated rings. The van der Waals surface area contributed by atoms with E-state index in [0.29, 0.717) is 19.3 Å². The van der Waals surface area contributed by atoms with Gasteiger partial charge in [-0.1, -0.05) is 290 Å². The summed E-state index contributed by atoms with van der Waals surface area (Å²) in [6.07, 6.45) is 92.1. The van der Waals surface area contributed by atoms with E-state index in [1.807, 2.05) is 0 Å². The van der Waals surface area contributed by atoms with Crippen molar-refractivity contribution in [3.8, 4) is 0 Å². The van der Waals surface area contributed by atoms with Crippen LogP contribution in [0, 0.1) is 0 Å². The molecule has 1 unspecified atom stereocenters. The quantitative estimate of drug-likeness (QED) is 0.0261. The smallest absolute Gasteiger partial charge is 0.306 e. The van der Waals surface area contributed by atoms with Crippen LogP contribution in [0.15, 0.2) is 122 Å². The summed E-state index contributed by atoms with van der Waals surface area (Å²) in [7, 11) is 0. The SMILES string of the molecule is CC/C=C\C/C=C\C/C=C\C/C=C\C/C=C\C/C=C\C/C=C\C/C=C\CCCCC(=O)OCC(COC(=O)CCCCCCCCCCCCC)OC(=O)CCCCCCCCCCCCC/C=C\C/C=C\CCCCCCC. The number of esters is 3. The second-order valence-corrected chi connectivity index (χ2v) is 21.6. The van der Waals surface area contributed by atoms with E-state index in [4.69, 9.17) is 14.2 Å². The van der Waals surface area contributed by atoms with E-state index in [1.54, 1.807) is 0 Å². The van der Waals surface area contributed by atoms with Gasteiger partial charge in [-0.3, -0.25) is 14.4 Å². The Morgan fingerprint density at radius 1 is 0.266 bits per heavy atom. The van der Waals surface area contributed by atoms with Crippen LogP contribution in [-0.2, 0) is 28.6 Å². The van der Waals surface area contributed by atoms with Gasteiger partial charge in [0.1, 0.15) is 13.2 Å². The van der Waals surface area contributed by atoms with Gasteiger partial charge >= 0.3 is 17.9 Å². The summed E-state index contributed by atoms with van der Waals surface area (Å²) >= 11 is 0. The van der Waals surface area contributed by atoms with Crippen molar-refractivity contribution in [2.24, 2.45) is 0 Å². The van der Waals surface area contributed by atoms with Crippen molar-refractivity contribution >= 4 is 17.9 Å². The molecule has 0 spiro atoms. The zero-order valence-corrected chi connectivity index (χ0v) is 51.6. The number of hydrogen-bond acceptors (Lipinski definition) is 6. The molecule has 0 bridgehead atoms. The van der Waals surface area contributed by atoms with E-state index in [2.05, 4.69) is 142 Å². The van der Waals surface area contributed by atoms with Crippen molar-refractivity contribution < 1.29 is 28.6 Å². The molecule has 6 nitrogen and oxygen atoms in total. The first kappa shape index (κ1) is 74.8. The molecule has 79 heavy (non-hydrogen) atoms. The molecule has 0 aliphatic heterocycles. The molecule has 0 N–H and O–H groups in total. The number of carbonyl (C=O) groups excluding carboxylic acids is 3. The van der Waals surface area contributed by atoms with Gasteiger partial charge in [0.2, 0.25) is 0 Å². The molecule has 0 saturated heterocycles. The average Bonchev–Trinajstić information content (AvgIpc) is 3.45. The van der Waals surface area contributed by atoms with E-state index < -0.39 is 6.10 Å². The predicted molar refractivity (Wildman–Crippen MR) is 343 cm³/mol. The number of hydrogen-bond donors (Lipinski definition) is 0. The first-order valence-corrected chi connectivity index (χ1v) is 33.0. The van der Waals surface area contributed by atoms with Crippen molar-refractivity contribution in [1.82, 2.24) is 0 Å². The maximum absolute atomic E-state index is 12.9. The van der Waals surface area contributed by atoms with Gasteiger partial charge in [0, 0.05) is 19.3 Å². The number of allylic oxidation sites excluding steroid dienone is 20. The minimum Gasteiger partial charge on any atom is -0.462 e. The highest BCUT2D eigenvalue weighted by molar-refractivity contribution is 5.71. The Hall–Kier alpha value is -4.19. The van der Waals surface area contributed by atoms with Gasteiger partial charge in [-0.15, -0.1) is 0 Å². The number of unbranched alkanes of at least 4 members (excludes halogenated alkanes) is 28. The lowest BCUT2D eigenvalue weighted by Crippen LogP contribution is -2.30. The molecule has 0 aromatic heterocycles. The zero-order chi connectivity index (χ0) is 57.1. The van der Waals surface area contributed by atoms with Crippen molar-refractivity contribution in [1.29, 1.82) is 0 Å². The maximum atomic E-state index is 12.9. The Kier molecular flexibility index (Phi) is 62.8. The average molecular weight is 1100 g/mol. The molecule has 0 aliphatic rings. The van der Waals surface area contributed by atoms with Crippen LogP contribution < -0.4 is 0 Å². The molecule has 0 radical (unpaired) electrons. The minimum absolute atomic E-state index is 0.0925. The molecule has 0 rings (SSSR count). The first-order chi connectivity index (χ1) is 39.0. The molecule has 0 saturated carbocycles. The highest BCUT2D eigenvalue weighted by atomic mass is 16.6. The Balaban J connectivity index is 4.38. The Morgan fingerprint density at radius 3 is 0.797 bits per heavy atom. The van der Waals surface area contributed by atoms with E-state index in [0.717, 1.165) is 116 Å². The molecular formula is C73H122O6. The third-order valence-electron chi connectivity index (χ3n) is 14.0. The highest BCUT2D eigenvalue weighted by Gasteiger charge is 2.19. The first-order valence-electron chi connectivity index (χ1n) is 33.0. The van der Waals surface area contributed by atoms with E-state index in [1.165, 1.54) is 148 Å². The monoisotopic (exact) mass is 1090 g/mol. The summed E-state index contributed by atoms with van der Waals surface area (Å²) in [6.45, 7) is 6.49. The van der Waals surface area contributed by atoms with E-state index >= 15 is 0 Å². The fraction of sp³-hybridized carbons (Fsp3) is 0.685. The van der Waals surface area contributed by atoms with Crippen molar-refractivity contribution in [2.45, 2.75) is 309 Å². The Morgan fingerprint density at radius 2 is 0.494 bits per heavy atom. The standard InChI is InChI=1S/C73H122O6/c1-4-7-10-13-16-19-22-24-26-28-30-32-34-35-36-37-39-40-42-44-46-48-51-54-57-60-63-66-72(75)78-69-70(68-77-71(74)65-62-59-56-53-50-21-18-15-12-9-6-3)79-73(76)67-64-61-58-55-52-49-47-45-43-41-38-33-31-29-27-25-23-20-17-14-11-8-5-2/h7,10,16,19,23-26,29-32,35-36,39-40,44,46,51,54,70H,4-6,8-9,11-15,17-18,20-22,27-28,33-34,37-38,41-43,45,47-50,52-53,55-69H2,1-3H3/b10-7-,19-16-,25-23-,26-24-,31-29-,32-30-,36-35-,40-39-,46-44-,54-51-. The van der Waals surface area contributed by atoms with Crippen LogP contribution in [0.3, 0.4) is 0 Å². The van der Waals surface area contributed by atoms with Gasteiger partial charge in [0.05, 0.1) is 0 Å². The minimum atomic E-state index is -0.800. The summed E-state index contributed by atoms with van der Waals surface area (Å²) in [5.41, 5.74) is 0. The van der Waals surface area contributed by atoms with Gasteiger partial charge in [0.15, 0.2) is 6.10 Å². The molecule has 450 valence electrons. The topological polar surface area (TPSA) is 78.9 Å². The van der Waals surface area contributed by atoms with Crippen molar-refractivity contribution in [2.75, 3.05) is 13.2 Å². The lowest BCUT2D eigenvalue weighted by atomic mass is 10.0. The summed E-state index contributed by atoms with van der Waals surface area (Å²) in [5.74, 6) is -0.935. The number of ether oxygens (including phenoxy) is 3. The third kappa shape index (κ3) is 64.5.